The first kappa shape index (κ1) is 16.4. The molecule has 0 amide bonds. The summed E-state index contributed by atoms with van der Waals surface area (Å²) in [7, 11) is 1.54. The van der Waals surface area contributed by atoms with E-state index in [0.717, 1.165) is 25.7 Å². The Hall–Kier alpha value is -1.96. The van der Waals surface area contributed by atoms with Gasteiger partial charge in [-0.2, -0.15) is 4.98 Å². The van der Waals surface area contributed by atoms with E-state index in [1.54, 1.807) is 14.0 Å². The lowest BCUT2D eigenvalue weighted by Gasteiger charge is -2.23. The van der Waals surface area contributed by atoms with Gasteiger partial charge in [-0.3, -0.25) is 10.1 Å². The van der Waals surface area contributed by atoms with Crippen LogP contribution in [0, 0.1) is 17.0 Å². The molecule has 1 saturated carbocycles. The molecule has 1 N–H and O–H groups in total. The summed E-state index contributed by atoms with van der Waals surface area (Å²) < 4.78 is 10.3. The molecule has 0 aliphatic heterocycles. The number of ether oxygens (including phenoxy) is 2. The molecule has 1 aromatic heterocycles. The summed E-state index contributed by atoms with van der Waals surface area (Å²) in [5.74, 6) is 0.681. The number of methoxy groups -OCH3 is 1. The molecule has 0 saturated heterocycles. The fourth-order valence-electron chi connectivity index (χ4n) is 2.57. The molecule has 8 heteroatoms. The van der Waals surface area contributed by atoms with Gasteiger partial charge in [-0.05, 0) is 19.8 Å². The lowest BCUT2D eigenvalue weighted by molar-refractivity contribution is -0.385. The second-order valence-corrected chi connectivity index (χ2v) is 5.35. The zero-order valence-corrected chi connectivity index (χ0v) is 13.0. The van der Waals surface area contributed by atoms with Gasteiger partial charge >= 0.3 is 5.69 Å². The van der Waals surface area contributed by atoms with Gasteiger partial charge in [0, 0.05) is 13.2 Å². The minimum Gasteiger partial charge on any atom is -0.470 e. The molecule has 8 nitrogen and oxygen atoms in total. The maximum absolute atomic E-state index is 11.4. The Kier molecular flexibility index (Phi) is 5.88. The van der Waals surface area contributed by atoms with Gasteiger partial charge in [0.2, 0.25) is 5.82 Å². The zero-order chi connectivity index (χ0) is 15.9. The van der Waals surface area contributed by atoms with Crippen LogP contribution < -0.4 is 10.1 Å². The first-order valence-electron chi connectivity index (χ1n) is 7.53. The number of nitro groups is 1. The molecule has 1 heterocycles. The van der Waals surface area contributed by atoms with Crippen LogP contribution in [0.25, 0.3) is 0 Å². The van der Waals surface area contributed by atoms with Crippen molar-refractivity contribution in [3.63, 3.8) is 0 Å². The minimum atomic E-state index is -0.493. The van der Waals surface area contributed by atoms with Gasteiger partial charge in [0.1, 0.15) is 12.4 Å². The molecule has 1 aromatic rings. The third kappa shape index (κ3) is 4.27. The smallest absolute Gasteiger partial charge is 0.372 e. The Morgan fingerprint density at radius 1 is 1.27 bits per heavy atom. The summed E-state index contributed by atoms with van der Waals surface area (Å²) >= 11 is 0. The molecule has 2 rings (SSSR count). The highest BCUT2D eigenvalue weighted by Crippen LogP contribution is 2.33. The predicted molar refractivity (Wildman–Crippen MR) is 81.3 cm³/mol. The van der Waals surface area contributed by atoms with E-state index in [1.807, 2.05) is 0 Å². The van der Waals surface area contributed by atoms with Gasteiger partial charge in [-0.15, -0.1) is 0 Å². The standard InChI is InChI=1S/C14H22N4O4/c1-10-15-13(17-11-6-4-3-5-7-11)12(18(19)20)14(16-10)22-9-8-21-2/h11H,3-9H2,1-2H3,(H,15,16,17). The highest BCUT2D eigenvalue weighted by Gasteiger charge is 2.27. The Balaban J connectivity index is 2.23. The molecule has 0 spiro atoms. The number of rotatable bonds is 7. The van der Waals surface area contributed by atoms with Gasteiger partial charge in [-0.25, -0.2) is 4.98 Å². The van der Waals surface area contributed by atoms with Crippen LogP contribution in [-0.4, -0.2) is 41.3 Å². The summed E-state index contributed by atoms with van der Waals surface area (Å²) in [4.78, 5) is 19.2. The first-order chi connectivity index (χ1) is 10.6. The van der Waals surface area contributed by atoms with Crippen LogP contribution in [0.15, 0.2) is 0 Å². The van der Waals surface area contributed by atoms with Crippen LogP contribution in [0.1, 0.15) is 37.9 Å². The normalized spacial score (nSPS) is 15.5. The minimum absolute atomic E-state index is 0.00661. The van der Waals surface area contributed by atoms with Crippen molar-refractivity contribution in [2.45, 2.75) is 45.1 Å². The second kappa shape index (κ2) is 7.88. The number of hydrogen-bond donors (Lipinski definition) is 1. The molecule has 0 unspecified atom stereocenters. The summed E-state index contributed by atoms with van der Waals surface area (Å²) in [6.45, 7) is 2.24. The van der Waals surface area contributed by atoms with Gasteiger partial charge in [0.25, 0.3) is 5.88 Å². The summed E-state index contributed by atoms with van der Waals surface area (Å²) in [5, 5.41) is 14.6. The summed E-state index contributed by atoms with van der Waals surface area (Å²) in [6.07, 6.45) is 5.48. The van der Waals surface area contributed by atoms with Crippen molar-refractivity contribution < 1.29 is 14.4 Å². The summed E-state index contributed by atoms with van der Waals surface area (Å²) in [6, 6.07) is 0.216. The lowest BCUT2D eigenvalue weighted by Crippen LogP contribution is -2.24. The van der Waals surface area contributed by atoms with Crippen LogP contribution in [-0.2, 0) is 4.74 Å². The molecule has 0 atom stereocenters. The van der Waals surface area contributed by atoms with Gasteiger partial charge < -0.3 is 14.8 Å². The average molecular weight is 310 g/mol. The van der Waals surface area contributed by atoms with Gasteiger partial charge in [0.05, 0.1) is 11.5 Å². The van der Waals surface area contributed by atoms with E-state index in [1.165, 1.54) is 6.42 Å². The average Bonchev–Trinajstić information content (AvgIpc) is 2.47. The number of nitrogens with zero attached hydrogens (tertiary/aromatic N) is 3. The molecular formula is C14H22N4O4. The molecule has 1 aliphatic rings. The molecule has 0 bridgehead atoms. The van der Waals surface area contributed by atoms with Crippen LogP contribution in [0.2, 0.25) is 0 Å². The Bertz CT molecular complexity index is 518. The SMILES string of the molecule is COCCOc1nc(C)nc(NC2CCCCC2)c1[N+](=O)[O-]. The van der Waals surface area contributed by atoms with Gasteiger partial charge in [0.15, 0.2) is 0 Å². The largest absolute Gasteiger partial charge is 0.470 e. The van der Waals surface area contributed by atoms with Crippen molar-refractivity contribution in [2.75, 3.05) is 25.6 Å². The number of hydrogen-bond acceptors (Lipinski definition) is 7. The van der Waals surface area contributed by atoms with E-state index in [2.05, 4.69) is 15.3 Å². The fourth-order valence-corrected chi connectivity index (χ4v) is 2.57. The van der Waals surface area contributed by atoms with Crippen molar-refractivity contribution in [3.05, 3.63) is 15.9 Å². The van der Waals surface area contributed by atoms with Crippen molar-refractivity contribution in [3.8, 4) is 5.88 Å². The molecule has 0 aromatic carbocycles. The van der Waals surface area contributed by atoms with E-state index in [4.69, 9.17) is 9.47 Å². The monoisotopic (exact) mass is 310 g/mol. The maximum Gasteiger partial charge on any atom is 0.372 e. The van der Waals surface area contributed by atoms with Gasteiger partial charge in [-0.1, -0.05) is 19.3 Å². The van der Waals surface area contributed by atoms with E-state index in [0.29, 0.717) is 12.4 Å². The van der Waals surface area contributed by atoms with Crippen molar-refractivity contribution >= 4 is 11.5 Å². The zero-order valence-electron chi connectivity index (χ0n) is 13.0. The number of aryl methyl sites for hydroxylation is 1. The lowest BCUT2D eigenvalue weighted by atomic mass is 9.95. The molecule has 122 valence electrons. The highest BCUT2D eigenvalue weighted by atomic mass is 16.6. The Morgan fingerprint density at radius 3 is 2.64 bits per heavy atom. The van der Waals surface area contributed by atoms with Crippen molar-refractivity contribution in [1.82, 2.24) is 9.97 Å². The van der Waals surface area contributed by atoms with E-state index in [9.17, 15) is 10.1 Å². The summed E-state index contributed by atoms with van der Waals surface area (Å²) in [5.41, 5.74) is -0.202. The third-order valence-corrected chi connectivity index (χ3v) is 3.62. The first-order valence-corrected chi connectivity index (χ1v) is 7.53. The predicted octanol–water partition coefficient (Wildman–Crippen LogP) is 2.46. The number of anilines is 1. The highest BCUT2D eigenvalue weighted by molar-refractivity contribution is 5.62. The fraction of sp³-hybridized carbons (Fsp3) is 0.714. The van der Waals surface area contributed by atoms with Crippen molar-refractivity contribution in [2.24, 2.45) is 0 Å². The molecule has 22 heavy (non-hydrogen) atoms. The molecule has 1 fully saturated rings. The van der Waals surface area contributed by atoms with E-state index >= 15 is 0 Å². The number of aromatic nitrogens is 2. The van der Waals surface area contributed by atoms with Crippen LogP contribution in [0.3, 0.4) is 0 Å². The third-order valence-electron chi connectivity index (χ3n) is 3.62. The number of nitrogens with one attached hydrogen (secondary N) is 1. The van der Waals surface area contributed by atoms with Crippen LogP contribution >= 0.6 is 0 Å². The Morgan fingerprint density at radius 2 is 2.00 bits per heavy atom. The topological polar surface area (TPSA) is 99.4 Å². The van der Waals surface area contributed by atoms with Crippen LogP contribution in [0.5, 0.6) is 5.88 Å². The Labute approximate surface area is 129 Å². The van der Waals surface area contributed by atoms with E-state index in [-0.39, 0.29) is 30.0 Å². The maximum atomic E-state index is 11.4. The molecule has 1 aliphatic carbocycles. The quantitative estimate of drug-likeness (QED) is 0.469. The van der Waals surface area contributed by atoms with Crippen molar-refractivity contribution in [1.29, 1.82) is 0 Å². The van der Waals surface area contributed by atoms with Crippen LogP contribution in [0.4, 0.5) is 11.5 Å². The molecule has 0 radical (unpaired) electrons. The molecular weight excluding hydrogens is 288 g/mol. The second-order valence-electron chi connectivity index (χ2n) is 5.35. The van der Waals surface area contributed by atoms with E-state index < -0.39 is 4.92 Å².